The summed E-state index contributed by atoms with van der Waals surface area (Å²) in [5.74, 6) is -0.528. The average molecular weight is 558 g/mol. The zero-order valence-electron chi connectivity index (χ0n) is 21.0. The second-order valence-electron chi connectivity index (χ2n) is 8.40. The first kappa shape index (κ1) is 28.5. The van der Waals surface area contributed by atoms with Gasteiger partial charge in [0.15, 0.2) is 15.0 Å². The maximum atomic E-state index is 13.0. The van der Waals surface area contributed by atoms with Crippen LogP contribution in [0.1, 0.15) is 33.4 Å². The van der Waals surface area contributed by atoms with Crippen LogP contribution < -0.4 is 10.6 Å². The molecule has 0 aliphatic heterocycles. The molecule has 0 bridgehead atoms. The molecule has 0 aliphatic rings. The number of anilines is 1. The average Bonchev–Trinajstić information content (AvgIpc) is 3.22. The summed E-state index contributed by atoms with van der Waals surface area (Å²) >= 11 is 1.29. The molecule has 0 spiro atoms. The minimum atomic E-state index is -3.36. The summed E-state index contributed by atoms with van der Waals surface area (Å²) < 4.78 is 23.4. The molecule has 0 atom stereocenters. The number of aliphatic imine (C=N–C) groups is 1. The van der Waals surface area contributed by atoms with E-state index < -0.39 is 15.9 Å². The van der Waals surface area contributed by atoms with Gasteiger partial charge >= 0.3 is 6.09 Å². The summed E-state index contributed by atoms with van der Waals surface area (Å²) in [7, 11) is -1.72. The van der Waals surface area contributed by atoms with Gasteiger partial charge in [0, 0.05) is 30.7 Å². The smallest absolute Gasteiger partial charge is 0.409 e. The lowest BCUT2D eigenvalue weighted by atomic mass is 10.1. The van der Waals surface area contributed by atoms with Gasteiger partial charge in [-0.1, -0.05) is 23.5 Å². The predicted molar refractivity (Wildman–Crippen MR) is 145 cm³/mol. The van der Waals surface area contributed by atoms with Crippen molar-refractivity contribution in [2.75, 3.05) is 18.6 Å². The molecule has 0 aliphatic carbocycles. The third kappa shape index (κ3) is 8.21. The fourth-order valence-electron chi connectivity index (χ4n) is 3.43. The second-order valence-corrected chi connectivity index (χ2v) is 11.5. The summed E-state index contributed by atoms with van der Waals surface area (Å²) in [5, 5.41) is 13.8. The van der Waals surface area contributed by atoms with Crippen LogP contribution in [-0.2, 0) is 34.0 Å². The van der Waals surface area contributed by atoms with Crippen molar-refractivity contribution in [3.05, 3.63) is 70.2 Å². The monoisotopic (exact) mass is 557 g/mol. The number of hydrogen-bond donors (Lipinski definition) is 3. The third-order valence-electron chi connectivity index (χ3n) is 5.31. The molecular weight excluding hydrogens is 530 g/mol. The van der Waals surface area contributed by atoms with Crippen molar-refractivity contribution in [2.24, 2.45) is 4.99 Å². The standard InChI is InChI=1S/C25H27N5O6S2/c1-16(31)28-24-29-21(13-6-17-4-9-19(10-5-17)26-15-27-25(33)34)22(37-24)14-30(2)23(32)18-7-11-20(12-8-18)38(3,35)36/h4-5,7-12,15H,6,13-14H2,1-3H3,(H,26,27)(H,33,34)(H,28,29,31). The van der Waals surface area contributed by atoms with Gasteiger partial charge in [0.05, 0.1) is 29.2 Å². The largest absolute Gasteiger partial charge is 0.465 e. The Kier molecular flexibility index (Phi) is 9.31. The summed E-state index contributed by atoms with van der Waals surface area (Å²) in [6.45, 7) is 1.65. The van der Waals surface area contributed by atoms with Crippen LogP contribution in [0.15, 0.2) is 58.4 Å². The molecule has 3 amide bonds. The number of sulfone groups is 1. The highest BCUT2D eigenvalue weighted by molar-refractivity contribution is 7.90. The van der Waals surface area contributed by atoms with Gasteiger partial charge in [-0.25, -0.2) is 23.2 Å². The Balaban J connectivity index is 1.72. The number of nitrogens with zero attached hydrogens (tertiary/aromatic N) is 3. The summed E-state index contributed by atoms with van der Waals surface area (Å²) in [6.07, 6.45) is 2.20. The van der Waals surface area contributed by atoms with Crippen molar-refractivity contribution in [3.63, 3.8) is 0 Å². The van der Waals surface area contributed by atoms with Crippen LogP contribution >= 0.6 is 11.3 Å². The van der Waals surface area contributed by atoms with Crippen molar-refractivity contribution in [3.8, 4) is 0 Å². The van der Waals surface area contributed by atoms with Crippen molar-refractivity contribution < 1.29 is 27.9 Å². The first-order chi connectivity index (χ1) is 17.9. The molecule has 38 heavy (non-hydrogen) atoms. The van der Waals surface area contributed by atoms with E-state index in [-0.39, 0.29) is 23.3 Å². The van der Waals surface area contributed by atoms with E-state index in [2.05, 4.69) is 20.6 Å². The van der Waals surface area contributed by atoms with E-state index in [1.54, 1.807) is 19.2 Å². The fourth-order valence-corrected chi connectivity index (χ4v) is 5.17. The molecular formula is C25H27N5O6S2. The third-order valence-corrected chi connectivity index (χ3v) is 7.43. The molecule has 200 valence electrons. The lowest BCUT2D eigenvalue weighted by molar-refractivity contribution is -0.114. The van der Waals surface area contributed by atoms with E-state index in [1.807, 2.05) is 12.1 Å². The van der Waals surface area contributed by atoms with Crippen LogP contribution in [0.2, 0.25) is 0 Å². The van der Waals surface area contributed by atoms with Gasteiger partial charge in [0.1, 0.15) is 0 Å². The van der Waals surface area contributed by atoms with Crippen molar-refractivity contribution in [2.45, 2.75) is 31.2 Å². The highest BCUT2D eigenvalue weighted by atomic mass is 32.2. The maximum Gasteiger partial charge on any atom is 0.409 e. The minimum absolute atomic E-state index is 0.137. The number of rotatable bonds is 10. The first-order valence-electron chi connectivity index (χ1n) is 11.3. The molecule has 2 aromatic carbocycles. The number of thiazole rings is 1. The van der Waals surface area contributed by atoms with Gasteiger partial charge in [0.2, 0.25) is 5.91 Å². The number of nitrogens with one attached hydrogen (secondary N) is 2. The number of aromatic nitrogens is 1. The number of benzene rings is 2. The fraction of sp³-hybridized carbons (Fsp3) is 0.240. The normalized spacial score (nSPS) is 11.3. The number of amides is 3. The Bertz CT molecular complexity index is 1450. The molecule has 11 nitrogen and oxygen atoms in total. The number of hydrogen-bond acceptors (Lipinski definition) is 8. The Labute approximate surface area is 224 Å². The number of carbonyl (C=O) groups is 3. The van der Waals surface area contributed by atoms with E-state index >= 15 is 0 Å². The van der Waals surface area contributed by atoms with E-state index in [0.717, 1.165) is 28.7 Å². The van der Waals surface area contributed by atoms with Crippen LogP contribution in [0.4, 0.5) is 15.6 Å². The molecule has 0 fully saturated rings. The molecule has 3 N–H and O–H groups in total. The van der Waals surface area contributed by atoms with Crippen LogP contribution in [0.5, 0.6) is 0 Å². The molecule has 3 rings (SSSR count). The topological polar surface area (TPSA) is 158 Å². The molecule has 1 heterocycles. The zero-order valence-corrected chi connectivity index (χ0v) is 22.6. The quantitative estimate of drug-likeness (QED) is 0.254. The Hall–Kier alpha value is -4.10. The van der Waals surface area contributed by atoms with Crippen molar-refractivity contribution in [1.82, 2.24) is 15.2 Å². The summed E-state index contributed by atoms with van der Waals surface area (Å²) in [6, 6.07) is 13.1. The lowest BCUT2D eigenvalue weighted by Gasteiger charge is -2.17. The Morgan fingerprint density at radius 2 is 1.74 bits per heavy atom. The molecule has 0 unspecified atom stereocenters. The Morgan fingerprint density at radius 3 is 2.32 bits per heavy atom. The van der Waals surface area contributed by atoms with Crippen LogP contribution in [0.25, 0.3) is 0 Å². The Morgan fingerprint density at radius 1 is 1.08 bits per heavy atom. The maximum absolute atomic E-state index is 13.0. The van der Waals surface area contributed by atoms with Gasteiger partial charge in [0.25, 0.3) is 5.91 Å². The van der Waals surface area contributed by atoms with Gasteiger partial charge in [-0.2, -0.15) is 0 Å². The molecule has 0 saturated heterocycles. The number of carbonyl (C=O) groups excluding carboxylic acids is 2. The predicted octanol–water partition coefficient (Wildman–Crippen LogP) is 3.49. The van der Waals surface area contributed by atoms with Gasteiger partial charge in [-0.15, -0.1) is 0 Å². The SMILES string of the molecule is CC(=O)Nc1nc(CCc2ccc(N=CNC(=O)O)cc2)c(CN(C)C(=O)c2ccc(S(C)(=O)=O)cc2)s1. The highest BCUT2D eigenvalue weighted by Gasteiger charge is 2.19. The van der Waals surface area contributed by atoms with E-state index in [4.69, 9.17) is 5.11 Å². The summed E-state index contributed by atoms with van der Waals surface area (Å²) in [4.78, 5) is 46.1. The lowest BCUT2D eigenvalue weighted by Crippen LogP contribution is -2.26. The van der Waals surface area contributed by atoms with E-state index in [0.29, 0.717) is 29.2 Å². The molecule has 0 radical (unpaired) electrons. The van der Waals surface area contributed by atoms with Crippen LogP contribution in [0.3, 0.4) is 0 Å². The second kappa shape index (κ2) is 12.4. The molecule has 0 saturated carbocycles. The van der Waals surface area contributed by atoms with Crippen LogP contribution in [0, 0.1) is 0 Å². The van der Waals surface area contributed by atoms with Gasteiger partial charge in [-0.05, 0) is 54.8 Å². The molecule has 1 aromatic heterocycles. The zero-order chi connectivity index (χ0) is 27.9. The van der Waals surface area contributed by atoms with E-state index in [9.17, 15) is 22.8 Å². The first-order valence-corrected chi connectivity index (χ1v) is 14.1. The highest BCUT2D eigenvalue weighted by Crippen LogP contribution is 2.26. The number of aryl methyl sites for hydroxylation is 2. The molecule has 3 aromatic rings. The summed E-state index contributed by atoms with van der Waals surface area (Å²) in [5.41, 5.74) is 2.70. The van der Waals surface area contributed by atoms with Crippen molar-refractivity contribution in [1.29, 1.82) is 0 Å². The van der Waals surface area contributed by atoms with Gasteiger partial charge in [-0.3, -0.25) is 14.9 Å². The van der Waals surface area contributed by atoms with Crippen LogP contribution in [-0.4, -0.2) is 61.0 Å². The van der Waals surface area contributed by atoms with Gasteiger partial charge < -0.3 is 15.3 Å². The minimum Gasteiger partial charge on any atom is -0.465 e. The van der Waals surface area contributed by atoms with E-state index in [1.165, 1.54) is 47.4 Å². The number of carboxylic acid groups (broad SMARTS) is 1. The molecule has 13 heteroatoms. The van der Waals surface area contributed by atoms with Crippen molar-refractivity contribution >= 4 is 56.2 Å².